The average Bonchev–Trinajstić information content (AvgIpc) is 2.65. The number of ether oxygens (including phenoxy) is 4. The number of rotatable bonds is 7. The molecule has 0 spiro atoms. The number of benzene rings is 1. The molecule has 0 fully saturated rings. The summed E-state index contributed by atoms with van der Waals surface area (Å²) in [6.07, 6.45) is -2.73. The molecule has 150 valence electrons. The Labute approximate surface area is 160 Å². The van der Waals surface area contributed by atoms with Crippen LogP contribution < -0.4 is 15.2 Å². The quantitative estimate of drug-likeness (QED) is 0.709. The zero-order valence-corrected chi connectivity index (χ0v) is 15.6. The molecule has 1 heterocycles. The number of nitrogens with zero attached hydrogens (tertiary/aromatic N) is 1. The highest BCUT2D eigenvalue weighted by molar-refractivity contribution is 5.93. The third-order valence-electron chi connectivity index (χ3n) is 3.99. The fourth-order valence-electron chi connectivity index (χ4n) is 2.89. The Morgan fingerprint density at radius 2 is 2.14 bits per heavy atom. The number of esters is 1. The van der Waals surface area contributed by atoms with E-state index in [2.05, 4.69) is 0 Å². The predicted octanol–water partition coefficient (Wildman–Crippen LogP) is 2.98. The number of nitriles is 1. The van der Waals surface area contributed by atoms with Gasteiger partial charge in [-0.05, 0) is 19.9 Å². The minimum Gasteiger partial charge on any atom is -0.493 e. The summed E-state index contributed by atoms with van der Waals surface area (Å²) < 4.78 is 46.4. The normalized spacial score (nSPS) is 16.5. The lowest BCUT2D eigenvalue weighted by atomic mass is 9.82. The second-order valence-electron chi connectivity index (χ2n) is 5.70. The Hall–Kier alpha value is -3.28. The van der Waals surface area contributed by atoms with Gasteiger partial charge < -0.3 is 24.7 Å². The van der Waals surface area contributed by atoms with E-state index in [1.165, 1.54) is 26.2 Å². The maximum atomic E-state index is 12.8. The minimum absolute atomic E-state index is 0.0210. The molecule has 2 N–H and O–H groups in total. The van der Waals surface area contributed by atoms with Crippen LogP contribution in [0.3, 0.4) is 0 Å². The van der Waals surface area contributed by atoms with Crippen molar-refractivity contribution in [2.75, 3.05) is 20.3 Å². The number of alkyl halides is 2. The standard InChI is InChI=1S/C19H20F2N2O5/c1-4-26-19(24)15-10(2)28-18(23)12(8-22)16(15)11-6-5-7-13(25-3)17(11)27-9-14(20)21/h5-7,14,16H,4,9,23H2,1-3H3. The van der Waals surface area contributed by atoms with E-state index in [9.17, 15) is 18.8 Å². The number of nitrogens with two attached hydrogens (primary N) is 1. The molecule has 1 unspecified atom stereocenters. The molecule has 28 heavy (non-hydrogen) atoms. The lowest BCUT2D eigenvalue weighted by Crippen LogP contribution is -2.26. The minimum atomic E-state index is -2.73. The maximum Gasteiger partial charge on any atom is 0.338 e. The van der Waals surface area contributed by atoms with Crippen molar-refractivity contribution in [1.29, 1.82) is 5.26 Å². The maximum absolute atomic E-state index is 12.8. The number of halogens is 2. The summed E-state index contributed by atoms with van der Waals surface area (Å²) >= 11 is 0. The van der Waals surface area contributed by atoms with E-state index in [0.717, 1.165) is 0 Å². The molecule has 1 aromatic carbocycles. The van der Waals surface area contributed by atoms with Gasteiger partial charge in [-0.15, -0.1) is 0 Å². The van der Waals surface area contributed by atoms with Crippen molar-refractivity contribution in [3.8, 4) is 17.6 Å². The second-order valence-corrected chi connectivity index (χ2v) is 5.70. The van der Waals surface area contributed by atoms with Gasteiger partial charge in [0.15, 0.2) is 11.5 Å². The summed E-state index contributed by atoms with van der Waals surface area (Å²) in [5.74, 6) is -1.65. The Morgan fingerprint density at radius 3 is 2.71 bits per heavy atom. The van der Waals surface area contributed by atoms with Gasteiger partial charge in [0.2, 0.25) is 5.88 Å². The van der Waals surface area contributed by atoms with Crippen molar-refractivity contribution in [2.45, 2.75) is 26.2 Å². The molecule has 2 rings (SSSR count). The molecule has 0 saturated carbocycles. The molecule has 0 aliphatic carbocycles. The zero-order valence-electron chi connectivity index (χ0n) is 15.6. The summed E-state index contributed by atoms with van der Waals surface area (Å²) in [5.41, 5.74) is 6.06. The van der Waals surface area contributed by atoms with Crippen LogP contribution in [0, 0.1) is 11.3 Å². The van der Waals surface area contributed by atoms with Crippen molar-refractivity contribution in [3.05, 3.63) is 46.6 Å². The number of para-hydroxylation sites is 1. The van der Waals surface area contributed by atoms with Gasteiger partial charge in [0.25, 0.3) is 6.43 Å². The van der Waals surface area contributed by atoms with E-state index < -0.39 is 24.9 Å². The monoisotopic (exact) mass is 394 g/mol. The predicted molar refractivity (Wildman–Crippen MR) is 94.5 cm³/mol. The van der Waals surface area contributed by atoms with Crippen LogP contribution in [0.25, 0.3) is 0 Å². The SMILES string of the molecule is CCOC(=O)C1=C(C)OC(N)=C(C#N)C1c1cccc(OC)c1OCC(F)F. The molecular weight excluding hydrogens is 374 g/mol. The third kappa shape index (κ3) is 4.17. The smallest absolute Gasteiger partial charge is 0.338 e. The summed E-state index contributed by atoms with van der Waals surface area (Å²) in [6.45, 7) is 2.33. The molecule has 1 atom stereocenters. The third-order valence-corrected chi connectivity index (χ3v) is 3.99. The number of hydrogen-bond donors (Lipinski definition) is 1. The van der Waals surface area contributed by atoms with Gasteiger partial charge >= 0.3 is 5.97 Å². The van der Waals surface area contributed by atoms with Gasteiger partial charge in [-0.1, -0.05) is 12.1 Å². The number of hydrogen-bond acceptors (Lipinski definition) is 7. The van der Waals surface area contributed by atoms with Crippen molar-refractivity contribution in [2.24, 2.45) is 5.73 Å². The molecule has 0 bridgehead atoms. The van der Waals surface area contributed by atoms with Crippen LogP contribution in [0.4, 0.5) is 8.78 Å². The van der Waals surface area contributed by atoms with E-state index in [0.29, 0.717) is 0 Å². The van der Waals surface area contributed by atoms with Gasteiger partial charge in [-0.25, -0.2) is 13.6 Å². The molecule has 1 aliphatic heterocycles. The second kappa shape index (κ2) is 9.08. The van der Waals surface area contributed by atoms with Crippen LogP contribution in [0.1, 0.15) is 25.3 Å². The molecule has 1 aliphatic rings. The van der Waals surface area contributed by atoms with E-state index in [4.69, 9.17) is 24.7 Å². The van der Waals surface area contributed by atoms with Crippen LogP contribution in [0.15, 0.2) is 41.0 Å². The first-order chi connectivity index (χ1) is 13.3. The average molecular weight is 394 g/mol. The van der Waals surface area contributed by atoms with Crippen LogP contribution in [-0.4, -0.2) is 32.7 Å². The molecule has 1 aromatic rings. The van der Waals surface area contributed by atoms with E-state index in [1.807, 2.05) is 6.07 Å². The summed E-state index contributed by atoms with van der Waals surface area (Å²) in [4.78, 5) is 12.6. The van der Waals surface area contributed by atoms with Gasteiger partial charge in [0, 0.05) is 5.56 Å². The zero-order chi connectivity index (χ0) is 20.8. The van der Waals surface area contributed by atoms with E-state index in [-0.39, 0.29) is 46.5 Å². The van der Waals surface area contributed by atoms with Crippen molar-refractivity contribution in [1.82, 2.24) is 0 Å². The Balaban J connectivity index is 2.70. The fourth-order valence-corrected chi connectivity index (χ4v) is 2.89. The highest BCUT2D eigenvalue weighted by Gasteiger charge is 2.38. The largest absolute Gasteiger partial charge is 0.493 e. The lowest BCUT2D eigenvalue weighted by Gasteiger charge is -2.28. The van der Waals surface area contributed by atoms with E-state index in [1.54, 1.807) is 13.0 Å². The first-order valence-electron chi connectivity index (χ1n) is 8.38. The molecule has 0 saturated heterocycles. The number of carbonyl (C=O) groups excluding carboxylic acids is 1. The van der Waals surface area contributed by atoms with Gasteiger partial charge in [0.05, 0.1) is 25.2 Å². The summed E-state index contributed by atoms with van der Waals surface area (Å²) in [7, 11) is 1.35. The highest BCUT2D eigenvalue weighted by Crippen LogP contribution is 2.45. The topological polar surface area (TPSA) is 104 Å². The molecule has 0 radical (unpaired) electrons. The molecule has 9 heteroatoms. The molecule has 7 nitrogen and oxygen atoms in total. The Morgan fingerprint density at radius 1 is 1.43 bits per heavy atom. The summed E-state index contributed by atoms with van der Waals surface area (Å²) in [6, 6.07) is 6.56. The Kier molecular flexibility index (Phi) is 6.82. The van der Waals surface area contributed by atoms with Gasteiger partial charge in [-0.2, -0.15) is 5.26 Å². The summed E-state index contributed by atoms with van der Waals surface area (Å²) in [5, 5.41) is 9.61. The molecule has 0 aromatic heterocycles. The van der Waals surface area contributed by atoms with E-state index >= 15 is 0 Å². The number of carbonyl (C=O) groups is 1. The van der Waals surface area contributed by atoms with Crippen molar-refractivity contribution >= 4 is 5.97 Å². The Bertz CT molecular complexity index is 858. The fraction of sp³-hybridized carbons (Fsp3) is 0.368. The molecular formula is C19H20F2N2O5. The van der Waals surface area contributed by atoms with Crippen LogP contribution in [0.2, 0.25) is 0 Å². The first-order valence-corrected chi connectivity index (χ1v) is 8.38. The van der Waals surface area contributed by atoms with Crippen LogP contribution >= 0.6 is 0 Å². The van der Waals surface area contributed by atoms with Gasteiger partial charge in [-0.3, -0.25) is 0 Å². The molecule has 0 amide bonds. The van der Waals surface area contributed by atoms with Crippen molar-refractivity contribution in [3.63, 3.8) is 0 Å². The van der Waals surface area contributed by atoms with Crippen molar-refractivity contribution < 1.29 is 32.5 Å². The first kappa shape index (κ1) is 21.0. The number of allylic oxidation sites excluding steroid dienone is 2. The lowest BCUT2D eigenvalue weighted by molar-refractivity contribution is -0.139. The highest BCUT2D eigenvalue weighted by atomic mass is 19.3. The van der Waals surface area contributed by atoms with Gasteiger partial charge in [0.1, 0.15) is 24.0 Å². The van der Waals surface area contributed by atoms with Crippen LogP contribution in [-0.2, 0) is 14.3 Å². The number of methoxy groups -OCH3 is 1. The van der Waals surface area contributed by atoms with Crippen LogP contribution in [0.5, 0.6) is 11.5 Å².